The van der Waals surface area contributed by atoms with Gasteiger partial charge in [0.05, 0.1) is 5.69 Å². The van der Waals surface area contributed by atoms with E-state index in [1.54, 1.807) is 0 Å². The molecule has 0 saturated heterocycles. The first kappa shape index (κ1) is 12.2. The number of carboxylic acid groups (broad SMARTS) is 1. The SMILES string of the molecule is O=C(O)c1nc2nccc(-c3ccc(F)c(F)c3)n2n1. The van der Waals surface area contributed by atoms with Crippen molar-refractivity contribution in [1.29, 1.82) is 0 Å². The van der Waals surface area contributed by atoms with E-state index in [0.717, 1.165) is 16.6 Å². The highest BCUT2D eigenvalue weighted by atomic mass is 19.2. The molecule has 1 N–H and O–H groups in total. The molecule has 0 aliphatic rings. The first-order chi connectivity index (χ1) is 9.56. The maximum absolute atomic E-state index is 13.3. The van der Waals surface area contributed by atoms with Crippen molar-refractivity contribution >= 4 is 11.7 Å². The number of aromatic carboxylic acids is 1. The minimum Gasteiger partial charge on any atom is -0.475 e. The normalized spacial score (nSPS) is 10.9. The first-order valence-corrected chi connectivity index (χ1v) is 5.47. The highest BCUT2D eigenvalue weighted by Crippen LogP contribution is 2.21. The average molecular weight is 276 g/mol. The number of rotatable bonds is 2. The van der Waals surface area contributed by atoms with E-state index in [4.69, 9.17) is 5.11 Å². The molecule has 100 valence electrons. The molecule has 3 rings (SSSR count). The summed E-state index contributed by atoms with van der Waals surface area (Å²) in [6.45, 7) is 0. The second kappa shape index (κ2) is 4.34. The Balaban J connectivity index is 2.24. The quantitative estimate of drug-likeness (QED) is 0.771. The number of aromatic nitrogens is 4. The Kier molecular flexibility index (Phi) is 2.63. The molecule has 3 aromatic rings. The topological polar surface area (TPSA) is 80.4 Å². The van der Waals surface area contributed by atoms with Gasteiger partial charge in [-0.25, -0.2) is 18.6 Å². The summed E-state index contributed by atoms with van der Waals surface area (Å²) in [5, 5.41) is 12.6. The summed E-state index contributed by atoms with van der Waals surface area (Å²) in [6.07, 6.45) is 1.38. The van der Waals surface area contributed by atoms with Crippen molar-refractivity contribution in [3.8, 4) is 11.3 Å². The Morgan fingerprint density at radius 3 is 2.70 bits per heavy atom. The molecule has 0 amide bonds. The van der Waals surface area contributed by atoms with Crippen LogP contribution in [0.3, 0.4) is 0 Å². The fraction of sp³-hybridized carbons (Fsp3) is 0. The van der Waals surface area contributed by atoms with Crippen molar-refractivity contribution in [1.82, 2.24) is 19.6 Å². The number of fused-ring (bicyclic) bond motifs is 1. The number of carboxylic acids is 1. The van der Waals surface area contributed by atoms with Gasteiger partial charge >= 0.3 is 5.97 Å². The number of nitrogens with zero attached hydrogens (tertiary/aromatic N) is 4. The van der Waals surface area contributed by atoms with Crippen LogP contribution >= 0.6 is 0 Å². The fourth-order valence-electron chi connectivity index (χ4n) is 1.76. The van der Waals surface area contributed by atoms with Gasteiger partial charge in [0.25, 0.3) is 11.6 Å². The predicted octanol–water partition coefficient (Wildman–Crippen LogP) is 1.77. The number of benzene rings is 1. The zero-order valence-corrected chi connectivity index (χ0v) is 9.79. The third-order valence-corrected chi connectivity index (χ3v) is 2.65. The molecule has 8 heteroatoms. The smallest absolute Gasteiger partial charge is 0.375 e. The van der Waals surface area contributed by atoms with Gasteiger partial charge in [0, 0.05) is 11.8 Å². The van der Waals surface area contributed by atoms with Crippen LogP contribution in [0.1, 0.15) is 10.6 Å². The lowest BCUT2D eigenvalue weighted by molar-refractivity contribution is 0.0684. The van der Waals surface area contributed by atoms with Gasteiger partial charge in [-0.15, -0.1) is 5.10 Å². The molecule has 6 nitrogen and oxygen atoms in total. The van der Waals surface area contributed by atoms with Crippen LogP contribution in [0.15, 0.2) is 30.5 Å². The van der Waals surface area contributed by atoms with Crippen molar-refractivity contribution < 1.29 is 18.7 Å². The molecule has 0 atom stereocenters. The van der Waals surface area contributed by atoms with Gasteiger partial charge in [-0.3, -0.25) is 0 Å². The van der Waals surface area contributed by atoms with Crippen LogP contribution in [0.5, 0.6) is 0 Å². The van der Waals surface area contributed by atoms with Gasteiger partial charge in [0.15, 0.2) is 11.6 Å². The number of halogens is 2. The molecule has 0 spiro atoms. The Labute approximate surface area is 110 Å². The van der Waals surface area contributed by atoms with Crippen molar-refractivity contribution in [2.75, 3.05) is 0 Å². The van der Waals surface area contributed by atoms with Gasteiger partial charge in [0.1, 0.15) is 0 Å². The van der Waals surface area contributed by atoms with Crippen LogP contribution in [-0.4, -0.2) is 30.7 Å². The molecular weight excluding hydrogens is 270 g/mol. The maximum Gasteiger partial charge on any atom is 0.375 e. The Morgan fingerprint density at radius 1 is 1.20 bits per heavy atom. The van der Waals surface area contributed by atoms with Crippen LogP contribution < -0.4 is 0 Å². The molecule has 2 aromatic heterocycles. The molecule has 0 bridgehead atoms. The first-order valence-electron chi connectivity index (χ1n) is 5.47. The maximum atomic E-state index is 13.3. The molecule has 1 aromatic carbocycles. The van der Waals surface area contributed by atoms with Crippen LogP contribution in [0, 0.1) is 11.6 Å². The molecule has 20 heavy (non-hydrogen) atoms. The number of hydrogen-bond acceptors (Lipinski definition) is 4. The van der Waals surface area contributed by atoms with E-state index in [2.05, 4.69) is 15.1 Å². The standard InChI is InChI=1S/C12H6F2N4O2/c13-7-2-1-6(5-8(7)14)9-3-4-15-12-16-10(11(19)20)17-18(9)12/h1-5H,(H,19,20). The average Bonchev–Trinajstić information content (AvgIpc) is 2.86. The monoisotopic (exact) mass is 276 g/mol. The van der Waals surface area contributed by atoms with Gasteiger partial charge in [0.2, 0.25) is 0 Å². The highest BCUT2D eigenvalue weighted by Gasteiger charge is 2.15. The molecule has 0 unspecified atom stereocenters. The molecule has 0 fully saturated rings. The summed E-state index contributed by atoms with van der Waals surface area (Å²) < 4.78 is 27.4. The summed E-state index contributed by atoms with van der Waals surface area (Å²) >= 11 is 0. The van der Waals surface area contributed by atoms with Crippen molar-refractivity contribution in [2.24, 2.45) is 0 Å². The van der Waals surface area contributed by atoms with Crippen LogP contribution in [0.2, 0.25) is 0 Å². The Hall–Kier alpha value is -2.90. The lowest BCUT2D eigenvalue weighted by atomic mass is 10.1. The summed E-state index contributed by atoms with van der Waals surface area (Å²) in [7, 11) is 0. The van der Waals surface area contributed by atoms with Crippen LogP contribution in [0.4, 0.5) is 8.78 Å². The van der Waals surface area contributed by atoms with E-state index >= 15 is 0 Å². The minimum absolute atomic E-state index is 0.0598. The largest absolute Gasteiger partial charge is 0.475 e. The van der Waals surface area contributed by atoms with Gasteiger partial charge < -0.3 is 5.11 Å². The second-order valence-corrected chi connectivity index (χ2v) is 3.91. The molecule has 0 saturated carbocycles. The van der Waals surface area contributed by atoms with Gasteiger partial charge in [-0.2, -0.15) is 9.50 Å². The predicted molar refractivity (Wildman–Crippen MR) is 63.1 cm³/mol. The molecule has 0 aliphatic carbocycles. The van der Waals surface area contributed by atoms with Crippen LogP contribution in [-0.2, 0) is 0 Å². The zero-order valence-electron chi connectivity index (χ0n) is 9.79. The van der Waals surface area contributed by atoms with Gasteiger partial charge in [-0.05, 0) is 24.3 Å². The van der Waals surface area contributed by atoms with Crippen molar-refractivity contribution in [2.45, 2.75) is 0 Å². The van der Waals surface area contributed by atoms with E-state index in [0.29, 0.717) is 11.3 Å². The van der Waals surface area contributed by atoms with Gasteiger partial charge in [-0.1, -0.05) is 0 Å². The van der Waals surface area contributed by atoms with Crippen molar-refractivity contribution in [3.05, 3.63) is 47.9 Å². The second-order valence-electron chi connectivity index (χ2n) is 3.91. The van der Waals surface area contributed by atoms with E-state index in [-0.39, 0.29) is 5.78 Å². The molecule has 2 heterocycles. The molecular formula is C12H6F2N4O2. The number of carbonyl (C=O) groups is 1. The highest BCUT2D eigenvalue weighted by molar-refractivity contribution is 5.83. The third-order valence-electron chi connectivity index (χ3n) is 2.65. The minimum atomic E-state index is -1.30. The van der Waals surface area contributed by atoms with Crippen LogP contribution in [0.25, 0.3) is 17.0 Å². The summed E-state index contributed by atoms with van der Waals surface area (Å²) in [5.41, 5.74) is 0.687. The van der Waals surface area contributed by atoms with E-state index in [1.807, 2.05) is 0 Å². The zero-order chi connectivity index (χ0) is 14.3. The fourth-order valence-corrected chi connectivity index (χ4v) is 1.76. The summed E-state index contributed by atoms with van der Waals surface area (Å²) in [5.74, 6) is -3.64. The lowest BCUT2D eigenvalue weighted by Crippen LogP contribution is -2.00. The lowest BCUT2D eigenvalue weighted by Gasteiger charge is -2.03. The van der Waals surface area contributed by atoms with E-state index < -0.39 is 23.4 Å². The van der Waals surface area contributed by atoms with Crippen molar-refractivity contribution in [3.63, 3.8) is 0 Å². The summed E-state index contributed by atoms with van der Waals surface area (Å²) in [4.78, 5) is 18.4. The molecule has 0 radical (unpaired) electrons. The van der Waals surface area contributed by atoms with E-state index in [1.165, 1.54) is 18.3 Å². The third kappa shape index (κ3) is 1.87. The molecule has 0 aliphatic heterocycles. The van der Waals surface area contributed by atoms with E-state index in [9.17, 15) is 13.6 Å². The number of hydrogen-bond donors (Lipinski definition) is 1. The Bertz CT molecular complexity index is 831. The summed E-state index contributed by atoms with van der Waals surface area (Å²) in [6, 6.07) is 4.83. The Morgan fingerprint density at radius 2 is 2.00 bits per heavy atom.